The summed E-state index contributed by atoms with van der Waals surface area (Å²) in [6.07, 6.45) is 1.38. The molecule has 0 saturated carbocycles. The Labute approximate surface area is 285 Å². The van der Waals surface area contributed by atoms with Gasteiger partial charge in [-0.3, -0.25) is 14.2 Å². The molecule has 0 aliphatic carbocycles. The van der Waals surface area contributed by atoms with Gasteiger partial charge in [-0.15, -0.1) is 0 Å². The molecule has 2 fully saturated rings. The predicted octanol–water partition coefficient (Wildman–Crippen LogP) is 4.98. The van der Waals surface area contributed by atoms with Crippen LogP contribution in [0.1, 0.15) is 77.0 Å². The maximum Gasteiger partial charge on any atom is 0.407 e. The number of unbranched alkanes of at least 4 members (excludes halogenated alkanes) is 1. The minimum absolute atomic E-state index is 0.0656. The molecule has 3 atom stereocenters. The number of aromatic nitrogens is 2. The van der Waals surface area contributed by atoms with Crippen molar-refractivity contribution < 1.29 is 33.7 Å². The van der Waals surface area contributed by atoms with E-state index in [4.69, 9.17) is 19.2 Å². The lowest BCUT2D eigenvalue weighted by atomic mass is 9.74. The standard InChI is InChI=1S/C36H55N5O7/c1-8-48-34-37-30(28(16-12-13-19-46-7)41(34)27-14-10-9-11-15-27)33(43)39(23-25(2)3)29-22-26(32(42)38-17-20-47-21-18-38)24-40(35(44)45)31(29)36(4,5)6/h9-11,14-15,25-26,29,31H,8,12-13,16-24H2,1-7H3,(H,44,45)/t26-,29+,31?/m1/s1. The Morgan fingerprint density at radius 3 is 2.38 bits per heavy atom. The zero-order valence-corrected chi connectivity index (χ0v) is 29.8. The van der Waals surface area contributed by atoms with E-state index in [0.29, 0.717) is 64.9 Å². The number of imidazole rings is 1. The topological polar surface area (TPSA) is 127 Å². The maximum atomic E-state index is 15.1. The first-order valence-electron chi connectivity index (χ1n) is 17.3. The van der Waals surface area contributed by atoms with Crippen LogP contribution in [-0.4, -0.2) is 119 Å². The minimum Gasteiger partial charge on any atom is -0.465 e. The first-order chi connectivity index (χ1) is 22.9. The number of para-hydroxylation sites is 1. The monoisotopic (exact) mass is 669 g/mol. The number of hydrogen-bond donors (Lipinski definition) is 1. The van der Waals surface area contributed by atoms with Crippen LogP contribution in [0.25, 0.3) is 5.69 Å². The highest BCUT2D eigenvalue weighted by Gasteiger charge is 2.50. The summed E-state index contributed by atoms with van der Waals surface area (Å²) in [6.45, 7) is 15.2. The number of nitrogens with zero attached hydrogens (tertiary/aromatic N) is 5. The third kappa shape index (κ3) is 8.68. The number of benzene rings is 1. The Bertz CT molecular complexity index is 1370. The number of amides is 3. The van der Waals surface area contributed by atoms with Gasteiger partial charge in [0.1, 0.15) is 0 Å². The summed E-state index contributed by atoms with van der Waals surface area (Å²) in [5, 5.41) is 10.6. The average molecular weight is 670 g/mol. The number of hydrogen-bond acceptors (Lipinski definition) is 7. The molecule has 3 heterocycles. The number of carbonyl (C=O) groups is 3. The third-order valence-electron chi connectivity index (χ3n) is 9.12. The largest absolute Gasteiger partial charge is 0.465 e. The van der Waals surface area contributed by atoms with Crippen LogP contribution in [0.15, 0.2) is 30.3 Å². The highest BCUT2D eigenvalue weighted by atomic mass is 16.5. The van der Waals surface area contributed by atoms with Crippen molar-refractivity contribution in [3.63, 3.8) is 0 Å². The van der Waals surface area contributed by atoms with Gasteiger partial charge in [-0.1, -0.05) is 52.8 Å². The average Bonchev–Trinajstić information content (AvgIpc) is 3.42. The van der Waals surface area contributed by atoms with Gasteiger partial charge in [0.15, 0.2) is 5.69 Å². The van der Waals surface area contributed by atoms with Crippen molar-refractivity contribution >= 4 is 17.9 Å². The molecule has 2 saturated heterocycles. The summed E-state index contributed by atoms with van der Waals surface area (Å²) in [6, 6.07) is 8.95. The molecule has 12 nitrogen and oxygen atoms in total. The zero-order chi connectivity index (χ0) is 35.0. The van der Waals surface area contributed by atoms with Crippen molar-refractivity contribution in [2.24, 2.45) is 17.3 Å². The summed E-state index contributed by atoms with van der Waals surface area (Å²) in [5.41, 5.74) is 1.33. The number of methoxy groups -OCH3 is 1. The van der Waals surface area contributed by atoms with Crippen LogP contribution in [0.3, 0.4) is 0 Å². The predicted molar refractivity (Wildman–Crippen MR) is 183 cm³/mol. The second-order valence-corrected chi connectivity index (χ2v) is 14.3. The molecular formula is C36H55N5O7. The van der Waals surface area contributed by atoms with Crippen molar-refractivity contribution in [2.45, 2.75) is 79.3 Å². The van der Waals surface area contributed by atoms with Gasteiger partial charge < -0.3 is 34.0 Å². The number of piperidine rings is 1. The molecule has 2 aliphatic heterocycles. The van der Waals surface area contributed by atoms with Crippen molar-refractivity contribution in [3.8, 4) is 11.7 Å². The van der Waals surface area contributed by atoms with Crippen LogP contribution in [-0.2, 0) is 20.7 Å². The van der Waals surface area contributed by atoms with Crippen molar-refractivity contribution in [2.75, 3.05) is 59.7 Å². The van der Waals surface area contributed by atoms with Gasteiger partial charge >= 0.3 is 12.1 Å². The summed E-state index contributed by atoms with van der Waals surface area (Å²) >= 11 is 0. The molecule has 0 radical (unpaired) electrons. The van der Waals surface area contributed by atoms with E-state index in [0.717, 1.165) is 24.2 Å². The van der Waals surface area contributed by atoms with Crippen LogP contribution in [0.4, 0.5) is 4.79 Å². The lowest BCUT2D eigenvalue weighted by Gasteiger charge is -2.52. The summed E-state index contributed by atoms with van der Waals surface area (Å²) in [4.78, 5) is 51.8. The molecule has 0 spiro atoms. The normalized spacial score (nSPS) is 20.2. The SMILES string of the molecule is CCOc1nc(C(=O)N(CC(C)C)[C@H]2C[C@@H](C(=O)N3CCOCC3)CN(C(=O)O)C2C(C)(C)C)c(CCCCOC)n1-c1ccccc1. The van der Waals surface area contributed by atoms with E-state index in [1.54, 1.807) is 16.9 Å². The van der Waals surface area contributed by atoms with Crippen LogP contribution < -0.4 is 4.74 Å². The smallest absolute Gasteiger partial charge is 0.407 e. The van der Waals surface area contributed by atoms with Crippen molar-refractivity contribution in [1.82, 2.24) is 24.3 Å². The van der Waals surface area contributed by atoms with Gasteiger partial charge in [-0.25, -0.2) is 4.79 Å². The lowest BCUT2D eigenvalue weighted by molar-refractivity contribution is -0.144. The number of carbonyl (C=O) groups excluding carboxylic acids is 2. The Balaban J connectivity index is 1.85. The van der Waals surface area contributed by atoms with Crippen LogP contribution in [0.2, 0.25) is 0 Å². The zero-order valence-electron chi connectivity index (χ0n) is 29.8. The molecule has 1 unspecified atom stereocenters. The fourth-order valence-electron chi connectivity index (χ4n) is 7.15. The molecule has 12 heteroatoms. The van der Waals surface area contributed by atoms with Crippen LogP contribution >= 0.6 is 0 Å². The fraction of sp³-hybridized carbons (Fsp3) is 0.667. The molecule has 2 aliphatic rings. The van der Waals surface area contributed by atoms with E-state index in [1.165, 1.54) is 4.90 Å². The van der Waals surface area contributed by atoms with Crippen LogP contribution in [0, 0.1) is 17.3 Å². The highest BCUT2D eigenvalue weighted by molar-refractivity contribution is 5.94. The van der Waals surface area contributed by atoms with Crippen LogP contribution in [0.5, 0.6) is 6.01 Å². The Hall–Kier alpha value is -3.64. The maximum absolute atomic E-state index is 15.1. The molecule has 4 rings (SSSR count). The first kappa shape index (κ1) is 37.2. The summed E-state index contributed by atoms with van der Waals surface area (Å²) in [7, 11) is 1.67. The van der Waals surface area contributed by atoms with Gasteiger partial charge in [0, 0.05) is 39.9 Å². The van der Waals surface area contributed by atoms with Gasteiger partial charge in [-0.2, -0.15) is 4.98 Å². The second-order valence-electron chi connectivity index (χ2n) is 14.3. The van der Waals surface area contributed by atoms with Gasteiger partial charge in [0.2, 0.25) is 5.91 Å². The molecule has 266 valence electrons. The molecule has 1 aromatic carbocycles. The first-order valence-corrected chi connectivity index (χ1v) is 17.3. The molecule has 2 aromatic rings. The fourth-order valence-corrected chi connectivity index (χ4v) is 7.15. The van der Waals surface area contributed by atoms with E-state index in [9.17, 15) is 14.7 Å². The summed E-state index contributed by atoms with van der Waals surface area (Å²) < 4.78 is 18.8. The van der Waals surface area contributed by atoms with Gasteiger partial charge in [0.25, 0.3) is 5.91 Å². The third-order valence-corrected chi connectivity index (χ3v) is 9.12. The second kappa shape index (κ2) is 16.6. The quantitative estimate of drug-likeness (QED) is 0.296. The molecule has 48 heavy (non-hydrogen) atoms. The molecule has 0 bridgehead atoms. The van der Waals surface area contributed by atoms with Gasteiger partial charge in [-0.05, 0) is 56.1 Å². The highest BCUT2D eigenvalue weighted by Crippen LogP contribution is 2.39. The van der Waals surface area contributed by atoms with E-state index in [-0.39, 0.29) is 30.0 Å². The Morgan fingerprint density at radius 2 is 1.79 bits per heavy atom. The van der Waals surface area contributed by atoms with Crippen molar-refractivity contribution in [3.05, 3.63) is 41.7 Å². The number of rotatable bonds is 13. The molecule has 3 amide bonds. The number of ether oxygens (including phenoxy) is 3. The van der Waals surface area contributed by atoms with E-state index in [2.05, 4.69) is 0 Å². The number of likely N-dealkylation sites (tertiary alicyclic amines) is 1. The van der Waals surface area contributed by atoms with E-state index in [1.807, 2.05) is 76.4 Å². The Morgan fingerprint density at radius 1 is 1.10 bits per heavy atom. The van der Waals surface area contributed by atoms with Gasteiger partial charge in [0.05, 0.1) is 49.2 Å². The Kier molecular flexibility index (Phi) is 12.9. The number of carboxylic acid groups (broad SMARTS) is 1. The van der Waals surface area contributed by atoms with E-state index < -0.39 is 29.5 Å². The molecular weight excluding hydrogens is 614 g/mol. The van der Waals surface area contributed by atoms with Crippen molar-refractivity contribution in [1.29, 1.82) is 0 Å². The molecule has 1 N–H and O–H groups in total. The number of morpholine rings is 1. The van der Waals surface area contributed by atoms with E-state index >= 15 is 4.79 Å². The molecule has 1 aromatic heterocycles. The summed E-state index contributed by atoms with van der Waals surface area (Å²) in [5.74, 6) is -0.912. The minimum atomic E-state index is -1.10. The lowest BCUT2D eigenvalue weighted by Crippen LogP contribution is -2.66.